The Labute approximate surface area is 137 Å². The Balaban J connectivity index is 1.83. The molecule has 0 saturated carbocycles. The minimum Gasteiger partial charge on any atom is -0.506 e. The number of aromatic amines is 1. The number of hydrogen-bond acceptors (Lipinski definition) is 4. The highest BCUT2D eigenvalue weighted by molar-refractivity contribution is 7.71. The summed E-state index contributed by atoms with van der Waals surface area (Å²) in [7, 11) is 0. The summed E-state index contributed by atoms with van der Waals surface area (Å²) in [6, 6.07) is 10.8. The van der Waals surface area contributed by atoms with Crippen LogP contribution in [0.1, 0.15) is 23.1 Å². The maximum absolute atomic E-state index is 12.3. The van der Waals surface area contributed by atoms with E-state index in [9.17, 15) is 9.90 Å². The van der Waals surface area contributed by atoms with Gasteiger partial charge in [0.05, 0.1) is 12.1 Å². The van der Waals surface area contributed by atoms with Crippen LogP contribution in [0.3, 0.4) is 0 Å². The van der Waals surface area contributed by atoms with Gasteiger partial charge in [0.2, 0.25) is 0 Å². The fraction of sp³-hybridized carbons (Fsp3) is 0.188. The van der Waals surface area contributed by atoms with Crippen molar-refractivity contribution in [1.29, 1.82) is 0 Å². The van der Waals surface area contributed by atoms with Crippen LogP contribution in [0.15, 0.2) is 36.4 Å². The summed E-state index contributed by atoms with van der Waals surface area (Å²) >= 11 is 5.11. The lowest BCUT2D eigenvalue weighted by atomic mass is 10.0. The molecule has 0 bridgehead atoms. The van der Waals surface area contributed by atoms with Gasteiger partial charge in [-0.15, -0.1) is 0 Å². The molecular weight excluding hydrogens is 312 g/mol. The molecule has 23 heavy (non-hydrogen) atoms. The SMILES string of the molecule is CCn1c(CNC(=O)c2ccc3ccccc3c2O)n[nH]c1=S. The summed E-state index contributed by atoms with van der Waals surface area (Å²) in [6.45, 7) is 2.85. The molecule has 0 aliphatic rings. The zero-order valence-corrected chi connectivity index (χ0v) is 13.4. The van der Waals surface area contributed by atoms with E-state index in [4.69, 9.17) is 12.2 Å². The standard InChI is InChI=1S/C16H16N4O2S/c1-2-20-13(18-19-16(20)23)9-17-15(22)12-8-7-10-5-3-4-6-11(10)14(12)21/h3-8,21H,2,9H2,1H3,(H,17,22)(H,19,23). The number of carbonyl (C=O) groups is 1. The lowest BCUT2D eigenvalue weighted by molar-refractivity contribution is 0.0947. The number of fused-ring (bicyclic) bond motifs is 1. The summed E-state index contributed by atoms with van der Waals surface area (Å²) in [4.78, 5) is 12.3. The van der Waals surface area contributed by atoms with E-state index in [1.807, 2.05) is 31.2 Å². The number of rotatable bonds is 4. The molecule has 118 valence electrons. The minimum absolute atomic E-state index is 0.0186. The predicted molar refractivity (Wildman–Crippen MR) is 89.9 cm³/mol. The summed E-state index contributed by atoms with van der Waals surface area (Å²) in [5, 5.41) is 21.4. The van der Waals surface area contributed by atoms with Gasteiger partial charge in [0, 0.05) is 11.9 Å². The van der Waals surface area contributed by atoms with E-state index in [-0.39, 0.29) is 23.8 Å². The topological polar surface area (TPSA) is 82.9 Å². The number of carbonyl (C=O) groups excluding carboxylic acids is 1. The Bertz CT molecular complexity index is 929. The number of benzene rings is 2. The van der Waals surface area contributed by atoms with Gasteiger partial charge >= 0.3 is 0 Å². The van der Waals surface area contributed by atoms with Crippen molar-refractivity contribution in [2.75, 3.05) is 0 Å². The minimum atomic E-state index is -0.357. The van der Waals surface area contributed by atoms with E-state index in [2.05, 4.69) is 15.5 Å². The van der Waals surface area contributed by atoms with Crippen LogP contribution in [0, 0.1) is 4.77 Å². The van der Waals surface area contributed by atoms with E-state index < -0.39 is 0 Å². The normalized spacial score (nSPS) is 10.8. The number of hydrogen-bond donors (Lipinski definition) is 3. The Morgan fingerprint density at radius 1 is 1.35 bits per heavy atom. The maximum atomic E-state index is 12.3. The van der Waals surface area contributed by atoms with Crippen LogP contribution in [0.4, 0.5) is 0 Å². The number of phenolic OH excluding ortho intramolecular Hbond substituents is 1. The monoisotopic (exact) mass is 328 g/mol. The second kappa shape index (κ2) is 6.21. The smallest absolute Gasteiger partial charge is 0.255 e. The molecule has 1 amide bonds. The molecule has 0 atom stereocenters. The molecule has 3 aromatic rings. The highest BCUT2D eigenvalue weighted by Gasteiger charge is 2.14. The lowest BCUT2D eigenvalue weighted by Crippen LogP contribution is -2.24. The van der Waals surface area contributed by atoms with Crippen molar-refractivity contribution >= 4 is 28.9 Å². The van der Waals surface area contributed by atoms with Crippen molar-refractivity contribution in [1.82, 2.24) is 20.1 Å². The summed E-state index contributed by atoms with van der Waals surface area (Å²) in [5.41, 5.74) is 0.237. The highest BCUT2D eigenvalue weighted by atomic mass is 32.1. The second-order valence-corrected chi connectivity index (χ2v) is 5.44. The van der Waals surface area contributed by atoms with Gasteiger partial charge in [-0.25, -0.2) is 0 Å². The van der Waals surface area contributed by atoms with Crippen LogP contribution in [-0.2, 0) is 13.1 Å². The molecule has 0 radical (unpaired) electrons. The van der Waals surface area contributed by atoms with E-state index in [0.29, 0.717) is 22.5 Å². The van der Waals surface area contributed by atoms with E-state index in [1.165, 1.54) is 0 Å². The largest absolute Gasteiger partial charge is 0.506 e. The molecule has 2 aromatic carbocycles. The van der Waals surface area contributed by atoms with E-state index in [1.54, 1.807) is 16.7 Å². The number of aromatic nitrogens is 3. The Morgan fingerprint density at radius 2 is 2.13 bits per heavy atom. The van der Waals surface area contributed by atoms with Crippen LogP contribution >= 0.6 is 12.2 Å². The molecule has 0 unspecified atom stereocenters. The Morgan fingerprint density at radius 3 is 2.91 bits per heavy atom. The van der Waals surface area contributed by atoms with Crippen molar-refractivity contribution in [2.24, 2.45) is 0 Å². The van der Waals surface area contributed by atoms with Gasteiger partial charge in [-0.1, -0.05) is 30.3 Å². The van der Waals surface area contributed by atoms with Crippen molar-refractivity contribution in [3.8, 4) is 5.75 Å². The van der Waals surface area contributed by atoms with Crippen LogP contribution < -0.4 is 5.32 Å². The van der Waals surface area contributed by atoms with Gasteiger partial charge in [0.1, 0.15) is 5.75 Å². The third-order valence-corrected chi connectivity index (χ3v) is 4.02. The summed E-state index contributed by atoms with van der Waals surface area (Å²) < 4.78 is 2.32. The number of nitrogens with zero attached hydrogens (tertiary/aromatic N) is 2. The molecule has 3 rings (SSSR count). The Kier molecular flexibility index (Phi) is 4.12. The van der Waals surface area contributed by atoms with Crippen molar-refractivity contribution < 1.29 is 9.90 Å². The number of nitrogens with one attached hydrogen (secondary N) is 2. The third-order valence-electron chi connectivity index (χ3n) is 3.71. The highest BCUT2D eigenvalue weighted by Crippen LogP contribution is 2.28. The van der Waals surface area contributed by atoms with Gasteiger partial charge in [-0.2, -0.15) is 5.10 Å². The lowest BCUT2D eigenvalue weighted by Gasteiger charge is -2.09. The number of phenols is 1. The van der Waals surface area contributed by atoms with Crippen LogP contribution in [0.2, 0.25) is 0 Å². The number of aromatic hydroxyl groups is 1. The average Bonchev–Trinajstić information content (AvgIpc) is 2.93. The Hall–Kier alpha value is -2.67. The van der Waals surface area contributed by atoms with E-state index in [0.717, 1.165) is 5.39 Å². The molecule has 1 aromatic heterocycles. The van der Waals surface area contributed by atoms with Crippen molar-refractivity contribution in [3.05, 3.63) is 52.6 Å². The first-order valence-corrected chi connectivity index (χ1v) is 7.65. The van der Waals surface area contributed by atoms with Gasteiger partial charge in [-0.05, 0) is 30.6 Å². The molecule has 0 aliphatic heterocycles. The van der Waals surface area contributed by atoms with Crippen molar-refractivity contribution in [2.45, 2.75) is 20.0 Å². The fourth-order valence-corrected chi connectivity index (χ4v) is 2.78. The molecule has 1 heterocycles. The molecule has 0 saturated heterocycles. The second-order valence-electron chi connectivity index (χ2n) is 5.05. The summed E-state index contributed by atoms with van der Waals surface area (Å²) in [5.74, 6) is 0.269. The first-order valence-electron chi connectivity index (χ1n) is 7.24. The zero-order chi connectivity index (χ0) is 16.4. The van der Waals surface area contributed by atoms with Crippen LogP contribution in [0.5, 0.6) is 5.75 Å². The average molecular weight is 328 g/mol. The van der Waals surface area contributed by atoms with Crippen LogP contribution in [-0.4, -0.2) is 25.8 Å². The molecule has 7 heteroatoms. The van der Waals surface area contributed by atoms with Crippen molar-refractivity contribution in [3.63, 3.8) is 0 Å². The molecule has 0 spiro atoms. The number of amides is 1. The first kappa shape index (κ1) is 15.2. The van der Waals surface area contributed by atoms with Crippen LogP contribution in [0.25, 0.3) is 10.8 Å². The van der Waals surface area contributed by atoms with Gasteiger partial charge < -0.3 is 15.0 Å². The van der Waals surface area contributed by atoms with Gasteiger partial charge in [0.25, 0.3) is 5.91 Å². The first-order chi connectivity index (χ1) is 11.1. The van der Waals surface area contributed by atoms with Gasteiger partial charge in [-0.3, -0.25) is 9.89 Å². The maximum Gasteiger partial charge on any atom is 0.255 e. The quantitative estimate of drug-likeness (QED) is 0.643. The molecule has 3 N–H and O–H groups in total. The molecule has 0 aliphatic carbocycles. The third kappa shape index (κ3) is 2.83. The van der Waals surface area contributed by atoms with Gasteiger partial charge in [0.15, 0.2) is 10.6 Å². The fourth-order valence-electron chi connectivity index (χ4n) is 2.50. The van der Waals surface area contributed by atoms with E-state index >= 15 is 0 Å². The predicted octanol–water partition coefficient (Wildman–Crippen LogP) is 2.75. The molecule has 6 nitrogen and oxygen atoms in total. The molecule has 0 fully saturated rings. The zero-order valence-electron chi connectivity index (χ0n) is 12.5. The number of H-pyrrole nitrogens is 1. The molecular formula is C16H16N4O2S. The summed E-state index contributed by atoms with van der Waals surface area (Å²) in [6.07, 6.45) is 0.